The van der Waals surface area contributed by atoms with Crippen LogP contribution in [0.2, 0.25) is 0 Å². The smallest absolute Gasteiger partial charge is 0.258 e. The number of amides is 1. The lowest BCUT2D eigenvalue weighted by atomic mass is 9.92. The van der Waals surface area contributed by atoms with Crippen LogP contribution in [0.25, 0.3) is 0 Å². The van der Waals surface area contributed by atoms with Crippen molar-refractivity contribution in [2.24, 2.45) is 7.05 Å². The topological polar surface area (TPSA) is 76.4 Å². The second-order valence-electron chi connectivity index (χ2n) is 5.44. The number of ether oxygens (including phenoxy) is 1. The van der Waals surface area contributed by atoms with Crippen molar-refractivity contribution in [3.05, 3.63) is 11.4 Å². The van der Waals surface area contributed by atoms with Crippen LogP contribution in [0.4, 0.5) is 0 Å². The molecule has 2 rings (SSSR count). The van der Waals surface area contributed by atoms with Crippen LogP contribution in [0, 0.1) is 13.8 Å². The van der Waals surface area contributed by atoms with E-state index in [0.29, 0.717) is 5.75 Å². The maximum absolute atomic E-state index is 11.9. The van der Waals surface area contributed by atoms with Gasteiger partial charge in [-0.15, -0.1) is 0 Å². The van der Waals surface area contributed by atoms with Gasteiger partial charge in [-0.1, -0.05) is 12.8 Å². The lowest BCUT2D eigenvalue weighted by Gasteiger charge is -2.28. The summed E-state index contributed by atoms with van der Waals surface area (Å²) in [4.78, 5) is 11.9. The second-order valence-corrected chi connectivity index (χ2v) is 5.44. The van der Waals surface area contributed by atoms with Crippen molar-refractivity contribution in [3.8, 4) is 5.75 Å². The van der Waals surface area contributed by atoms with Gasteiger partial charge in [0.15, 0.2) is 12.4 Å². The van der Waals surface area contributed by atoms with Crippen LogP contribution in [0.1, 0.15) is 37.1 Å². The van der Waals surface area contributed by atoms with E-state index in [2.05, 4.69) is 10.4 Å². The number of aryl methyl sites for hydroxylation is 2. The van der Waals surface area contributed by atoms with E-state index in [0.717, 1.165) is 37.1 Å². The van der Waals surface area contributed by atoms with Gasteiger partial charge in [-0.25, -0.2) is 0 Å². The third-order valence-corrected chi connectivity index (χ3v) is 3.87. The molecule has 112 valence electrons. The van der Waals surface area contributed by atoms with Crippen LogP contribution in [0.5, 0.6) is 5.75 Å². The Morgan fingerprint density at radius 1 is 1.45 bits per heavy atom. The van der Waals surface area contributed by atoms with E-state index in [1.54, 1.807) is 4.68 Å². The highest BCUT2D eigenvalue weighted by Gasteiger charge is 2.24. The predicted molar refractivity (Wildman–Crippen MR) is 74.6 cm³/mol. The molecule has 6 heteroatoms. The van der Waals surface area contributed by atoms with Crippen LogP contribution in [0.15, 0.2) is 0 Å². The third-order valence-electron chi connectivity index (χ3n) is 3.87. The van der Waals surface area contributed by atoms with Crippen molar-refractivity contribution in [1.29, 1.82) is 0 Å². The number of aliphatic hydroxyl groups is 1. The molecule has 1 aromatic rings. The molecule has 0 bridgehead atoms. The summed E-state index contributed by atoms with van der Waals surface area (Å²) in [6.07, 6.45) is 3.22. The molecule has 0 aromatic carbocycles. The maximum atomic E-state index is 11.9. The van der Waals surface area contributed by atoms with E-state index in [9.17, 15) is 9.90 Å². The van der Waals surface area contributed by atoms with Crippen LogP contribution in [0.3, 0.4) is 0 Å². The quantitative estimate of drug-likeness (QED) is 0.857. The van der Waals surface area contributed by atoms with E-state index in [-0.39, 0.29) is 18.6 Å². The molecule has 1 heterocycles. The number of hydrogen-bond donors (Lipinski definition) is 2. The van der Waals surface area contributed by atoms with Crippen LogP contribution in [-0.4, -0.2) is 39.5 Å². The minimum absolute atomic E-state index is 0.0450. The molecule has 1 aromatic heterocycles. The fourth-order valence-electron chi connectivity index (χ4n) is 2.63. The SMILES string of the molecule is Cc1nn(C)c(C)c1OCC(=O)N[C@@H]1CCCC[C@H]1O. The highest BCUT2D eigenvalue weighted by molar-refractivity contribution is 5.78. The molecule has 0 aliphatic heterocycles. The molecule has 2 atom stereocenters. The maximum Gasteiger partial charge on any atom is 0.258 e. The molecule has 0 saturated heterocycles. The van der Waals surface area contributed by atoms with E-state index < -0.39 is 6.10 Å². The predicted octanol–water partition coefficient (Wildman–Crippen LogP) is 0.835. The number of nitrogens with zero attached hydrogens (tertiary/aromatic N) is 2. The van der Waals surface area contributed by atoms with Gasteiger partial charge in [0.05, 0.1) is 17.8 Å². The minimum Gasteiger partial charge on any atom is -0.480 e. The zero-order valence-corrected chi connectivity index (χ0v) is 12.3. The van der Waals surface area contributed by atoms with Gasteiger partial charge in [0.25, 0.3) is 5.91 Å². The molecule has 0 unspecified atom stereocenters. The average Bonchev–Trinajstić information content (AvgIpc) is 2.64. The highest BCUT2D eigenvalue weighted by atomic mass is 16.5. The molecule has 1 aliphatic carbocycles. The first-order valence-electron chi connectivity index (χ1n) is 7.09. The normalized spacial score (nSPS) is 22.6. The molecule has 1 aliphatic rings. The molecule has 1 amide bonds. The van der Waals surface area contributed by atoms with Crippen molar-refractivity contribution in [2.45, 2.75) is 51.7 Å². The Bertz CT molecular complexity index is 484. The van der Waals surface area contributed by atoms with Crippen molar-refractivity contribution in [2.75, 3.05) is 6.61 Å². The summed E-state index contributed by atoms with van der Waals surface area (Å²) in [5.74, 6) is 0.463. The van der Waals surface area contributed by atoms with E-state index in [1.165, 1.54) is 0 Å². The van der Waals surface area contributed by atoms with Gasteiger partial charge >= 0.3 is 0 Å². The van der Waals surface area contributed by atoms with Crippen LogP contribution >= 0.6 is 0 Å². The Kier molecular flexibility index (Phi) is 4.65. The number of aromatic nitrogens is 2. The summed E-state index contributed by atoms with van der Waals surface area (Å²) in [6, 6.07) is -0.143. The zero-order chi connectivity index (χ0) is 14.7. The minimum atomic E-state index is -0.436. The van der Waals surface area contributed by atoms with Gasteiger partial charge < -0.3 is 15.2 Å². The zero-order valence-electron chi connectivity index (χ0n) is 12.3. The summed E-state index contributed by atoms with van der Waals surface area (Å²) in [7, 11) is 1.84. The van der Waals surface area contributed by atoms with Crippen molar-refractivity contribution in [1.82, 2.24) is 15.1 Å². The molecule has 1 fully saturated rings. The molecule has 0 spiro atoms. The highest BCUT2D eigenvalue weighted by Crippen LogP contribution is 2.21. The standard InChI is InChI=1S/C14H23N3O3/c1-9-14(10(2)17(3)16-9)20-8-13(19)15-11-6-4-5-7-12(11)18/h11-12,18H,4-8H2,1-3H3,(H,15,19)/t11-,12-/m1/s1. The molecule has 2 N–H and O–H groups in total. The number of carbonyl (C=O) groups is 1. The molecule has 0 radical (unpaired) electrons. The first-order valence-corrected chi connectivity index (χ1v) is 7.09. The largest absolute Gasteiger partial charge is 0.480 e. The summed E-state index contributed by atoms with van der Waals surface area (Å²) in [5.41, 5.74) is 1.67. The van der Waals surface area contributed by atoms with E-state index in [4.69, 9.17) is 4.74 Å². The summed E-state index contributed by atoms with van der Waals surface area (Å²) in [6.45, 7) is 3.71. The second kappa shape index (κ2) is 6.26. The Morgan fingerprint density at radius 2 is 2.15 bits per heavy atom. The van der Waals surface area contributed by atoms with Crippen molar-refractivity contribution >= 4 is 5.91 Å². The first-order chi connectivity index (χ1) is 9.49. The summed E-state index contributed by atoms with van der Waals surface area (Å²) < 4.78 is 7.28. The summed E-state index contributed by atoms with van der Waals surface area (Å²) in [5, 5.41) is 16.9. The first kappa shape index (κ1) is 14.8. The van der Waals surface area contributed by atoms with Crippen molar-refractivity contribution < 1.29 is 14.6 Å². The number of aliphatic hydroxyl groups excluding tert-OH is 1. The third kappa shape index (κ3) is 3.30. The number of hydrogen-bond acceptors (Lipinski definition) is 4. The van der Waals surface area contributed by atoms with Crippen molar-refractivity contribution in [3.63, 3.8) is 0 Å². The van der Waals surface area contributed by atoms with E-state index >= 15 is 0 Å². The number of nitrogens with one attached hydrogen (secondary N) is 1. The molecule has 1 saturated carbocycles. The van der Waals surface area contributed by atoms with Gasteiger partial charge in [-0.3, -0.25) is 9.48 Å². The Morgan fingerprint density at radius 3 is 2.75 bits per heavy atom. The van der Waals surface area contributed by atoms with Gasteiger partial charge in [-0.05, 0) is 26.7 Å². The monoisotopic (exact) mass is 281 g/mol. The Balaban J connectivity index is 1.86. The average molecular weight is 281 g/mol. The fraction of sp³-hybridized carbons (Fsp3) is 0.714. The van der Waals surface area contributed by atoms with Crippen LogP contribution < -0.4 is 10.1 Å². The summed E-state index contributed by atoms with van der Waals surface area (Å²) >= 11 is 0. The van der Waals surface area contributed by atoms with Crippen LogP contribution in [-0.2, 0) is 11.8 Å². The fourth-order valence-corrected chi connectivity index (χ4v) is 2.63. The Hall–Kier alpha value is -1.56. The number of carbonyl (C=O) groups excluding carboxylic acids is 1. The van der Waals surface area contributed by atoms with Gasteiger partial charge in [0.1, 0.15) is 5.69 Å². The Labute approximate surface area is 119 Å². The molecule has 20 heavy (non-hydrogen) atoms. The molecular formula is C14H23N3O3. The van der Waals surface area contributed by atoms with Gasteiger partial charge in [0, 0.05) is 7.05 Å². The lowest BCUT2D eigenvalue weighted by Crippen LogP contribution is -2.46. The van der Waals surface area contributed by atoms with E-state index in [1.807, 2.05) is 20.9 Å². The molecule has 6 nitrogen and oxygen atoms in total. The van der Waals surface area contributed by atoms with Gasteiger partial charge in [-0.2, -0.15) is 5.10 Å². The van der Waals surface area contributed by atoms with Gasteiger partial charge in [0.2, 0.25) is 0 Å². The number of rotatable bonds is 4. The molecular weight excluding hydrogens is 258 g/mol. The lowest BCUT2D eigenvalue weighted by molar-refractivity contribution is -0.125.